The number of carbonyl (C=O) groups excluding carboxylic acids is 4. The smallest absolute Gasteiger partial charge is 0.329 e. The molecule has 2 amide bonds. The number of rotatable bonds is 5. The standard InChI is InChI=1S/C19H13Cl2NO5/c1-10(22-17(24)12-4-2-3-5-13(12)18(22)25)19(26)27-9-16(23)14-7-6-11(20)8-15(14)21/h2-8,10H,9H2,1H3/t10-/m1/s1. The molecule has 1 heterocycles. The molecule has 0 saturated heterocycles. The summed E-state index contributed by atoms with van der Waals surface area (Å²) in [5.41, 5.74) is 0.611. The number of imide groups is 1. The normalized spacial score (nSPS) is 14.1. The fourth-order valence-electron chi connectivity index (χ4n) is 2.72. The van der Waals surface area contributed by atoms with Gasteiger partial charge >= 0.3 is 5.97 Å². The van der Waals surface area contributed by atoms with Crippen molar-refractivity contribution in [1.82, 2.24) is 4.90 Å². The number of Topliss-reactive ketones (excluding diaryl/α,β-unsaturated/α-hetero) is 1. The van der Waals surface area contributed by atoms with Crippen LogP contribution in [0.3, 0.4) is 0 Å². The van der Waals surface area contributed by atoms with Crippen molar-refractivity contribution in [2.75, 3.05) is 6.61 Å². The molecule has 0 bridgehead atoms. The molecule has 2 aromatic rings. The number of ketones is 1. The minimum Gasteiger partial charge on any atom is -0.456 e. The maximum absolute atomic E-state index is 12.4. The van der Waals surface area contributed by atoms with Gasteiger partial charge in [0.2, 0.25) is 5.78 Å². The first kappa shape index (κ1) is 19.1. The summed E-state index contributed by atoms with van der Waals surface area (Å²) in [5.74, 6) is -2.55. The van der Waals surface area contributed by atoms with Crippen molar-refractivity contribution >= 4 is 46.8 Å². The number of ether oxygens (including phenoxy) is 1. The van der Waals surface area contributed by atoms with Crippen LogP contribution in [0.25, 0.3) is 0 Å². The largest absolute Gasteiger partial charge is 0.456 e. The molecule has 27 heavy (non-hydrogen) atoms. The highest BCUT2D eigenvalue weighted by molar-refractivity contribution is 6.36. The average Bonchev–Trinajstić information content (AvgIpc) is 2.90. The Morgan fingerprint density at radius 3 is 2.19 bits per heavy atom. The molecule has 0 saturated carbocycles. The van der Waals surface area contributed by atoms with Crippen LogP contribution >= 0.6 is 23.2 Å². The molecule has 0 radical (unpaired) electrons. The first-order valence-electron chi connectivity index (χ1n) is 7.93. The molecule has 1 aliphatic rings. The summed E-state index contributed by atoms with van der Waals surface area (Å²) in [6.45, 7) is 0.789. The second kappa shape index (κ2) is 7.50. The zero-order valence-corrected chi connectivity index (χ0v) is 15.6. The lowest BCUT2D eigenvalue weighted by atomic mass is 10.1. The Balaban J connectivity index is 1.67. The van der Waals surface area contributed by atoms with Gasteiger partial charge in [-0.15, -0.1) is 0 Å². The summed E-state index contributed by atoms with van der Waals surface area (Å²) in [6.07, 6.45) is 0. The Morgan fingerprint density at radius 2 is 1.63 bits per heavy atom. The molecule has 2 aromatic carbocycles. The molecule has 8 heteroatoms. The van der Waals surface area contributed by atoms with Crippen molar-refractivity contribution in [3.63, 3.8) is 0 Å². The van der Waals surface area contributed by atoms with Gasteiger partial charge in [0.1, 0.15) is 6.04 Å². The number of hydrogen-bond donors (Lipinski definition) is 0. The number of halogens is 2. The summed E-state index contributed by atoms with van der Waals surface area (Å²) >= 11 is 11.7. The molecule has 3 rings (SSSR count). The van der Waals surface area contributed by atoms with E-state index >= 15 is 0 Å². The molecule has 138 valence electrons. The molecule has 0 aromatic heterocycles. The molecule has 0 aliphatic carbocycles. The second-order valence-corrected chi connectivity index (χ2v) is 6.70. The highest BCUT2D eigenvalue weighted by Gasteiger charge is 2.41. The zero-order chi connectivity index (χ0) is 19.7. The van der Waals surface area contributed by atoms with Crippen LogP contribution in [-0.4, -0.2) is 41.1 Å². The number of hydrogen-bond acceptors (Lipinski definition) is 5. The molecular formula is C19H13Cl2NO5. The molecular weight excluding hydrogens is 393 g/mol. The van der Waals surface area contributed by atoms with Gasteiger partial charge in [0, 0.05) is 10.6 Å². The van der Waals surface area contributed by atoms with E-state index in [9.17, 15) is 19.2 Å². The third-order valence-corrected chi connectivity index (χ3v) is 4.68. The van der Waals surface area contributed by atoms with Crippen LogP contribution in [0.2, 0.25) is 10.0 Å². The van der Waals surface area contributed by atoms with Crippen LogP contribution in [0.1, 0.15) is 38.0 Å². The van der Waals surface area contributed by atoms with Gasteiger partial charge in [-0.2, -0.15) is 0 Å². The maximum atomic E-state index is 12.4. The fraction of sp³-hybridized carbons (Fsp3) is 0.158. The van der Waals surface area contributed by atoms with Crippen molar-refractivity contribution in [2.45, 2.75) is 13.0 Å². The Bertz CT molecular complexity index is 937. The summed E-state index contributed by atoms with van der Waals surface area (Å²) in [6, 6.07) is 9.43. The number of nitrogens with zero attached hydrogens (tertiary/aromatic N) is 1. The first-order chi connectivity index (χ1) is 12.8. The average molecular weight is 406 g/mol. The molecule has 0 spiro atoms. The predicted molar refractivity (Wildman–Crippen MR) is 98.2 cm³/mol. The zero-order valence-electron chi connectivity index (χ0n) is 14.1. The van der Waals surface area contributed by atoms with Gasteiger partial charge in [0.15, 0.2) is 6.61 Å². The minimum atomic E-state index is -1.18. The van der Waals surface area contributed by atoms with E-state index in [4.69, 9.17) is 27.9 Å². The quantitative estimate of drug-likeness (QED) is 0.432. The van der Waals surface area contributed by atoms with Gasteiger partial charge in [0.25, 0.3) is 11.8 Å². The van der Waals surface area contributed by atoms with E-state index in [1.165, 1.54) is 37.3 Å². The Hall–Kier alpha value is -2.70. The number of benzene rings is 2. The minimum absolute atomic E-state index is 0.136. The van der Waals surface area contributed by atoms with E-state index in [2.05, 4.69) is 0 Å². The molecule has 1 aliphatic heterocycles. The number of amides is 2. The lowest BCUT2D eigenvalue weighted by molar-refractivity contribution is -0.146. The van der Waals surface area contributed by atoms with Gasteiger partial charge in [0.05, 0.1) is 16.1 Å². The third-order valence-electron chi connectivity index (χ3n) is 4.13. The van der Waals surface area contributed by atoms with Crippen molar-refractivity contribution in [2.24, 2.45) is 0 Å². The molecule has 0 unspecified atom stereocenters. The fourth-order valence-corrected chi connectivity index (χ4v) is 3.23. The Labute approximate surface area is 164 Å². The summed E-state index contributed by atoms with van der Waals surface area (Å²) in [5, 5.41) is 0.504. The van der Waals surface area contributed by atoms with Crippen LogP contribution < -0.4 is 0 Å². The van der Waals surface area contributed by atoms with E-state index in [1.54, 1.807) is 12.1 Å². The van der Waals surface area contributed by atoms with Gasteiger partial charge in [-0.3, -0.25) is 19.3 Å². The van der Waals surface area contributed by atoms with Crippen molar-refractivity contribution in [3.8, 4) is 0 Å². The number of carbonyl (C=O) groups is 4. The lowest BCUT2D eigenvalue weighted by Crippen LogP contribution is -2.44. The van der Waals surface area contributed by atoms with Gasteiger partial charge in [-0.1, -0.05) is 35.3 Å². The van der Waals surface area contributed by atoms with Gasteiger partial charge in [-0.25, -0.2) is 4.79 Å². The molecule has 6 nitrogen and oxygen atoms in total. The monoisotopic (exact) mass is 405 g/mol. The summed E-state index contributed by atoms with van der Waals surface area (Å²) in [7, 11) is 0. The molecule has 0 fully saturated rings. The van der Waals surface area contributed by atoms with E-state index in [0.717, 1.165) is 4.90 Å². The van der Waals surface area contributed by atoms with Crippen LogP contribution in [0, 0.1) is 0 Å². The maximum Gasteiger partial charge on any atom is 0.329 e. The first-order valence-corrected chi connectivity index (χ1v) is 8.68. The number of esters is 1. The van der Waals surface area contributed by atoms with E-state index in [-0.39, 0.29) is 21.7 Å². The molecule has 0 N–H and O–H groups in total. The highest BCUT2D eigenvalue weighted by atomic mass is 35.5. The lowest BCUT2D eigenvalue weighted by Gasteiger charge is -2.20. The van der Waals surface area contributed by atoms with E-state index in [1.807, 2.05) is 0 Å². The molecule has 1 atom stereocenters. The Kier molecular flexibility index (Phi) is 5.30. The van der Waals surface area contributed by atoms with Crippen molar-refractivity contribution < 1.29 is 23.9 Å². The number of fused-ring (bicyclic) bond motifs is 1. The van der Waals surface area contributed by atoms with Crippen LogP contribution in [-0.2, 0) is 9.53 Å². The summed E-state index contributed by atoms with van der Waals surface area (Å²) in [4.78, 5) is 50.1. The van der Waals surface area contributed by atoms with E-state index < -0.39 is 36.2 Å². The van der Waals surface area contributed by atoms with Crippen LogP contribution in [0.5, 0.6) is 0 Å². The third kappa shape index (κ3) is 3.59. The van der Waals surface area contributed by atoms with Gasteiger partial charge in [-0.05, 0) is 37.3 Å². The van der Waals surface area contributed by atoms with Crippen molar-refractivity contribution in [3.05, 3.63) is 69.2 Å². The van der Waals surface area contributed by atoms with E-state index in [0.29, 0.717) is 5.02 Å². The Morgan fingerprint density at radius 1 is 1.04 bits per heavy atom. The second-order valence-electron chi connectivity index (χ2n) is 5.86. The van der Waals surface area contributed by atoms with Gasteiger partial charge < -0.3 is 4.74 Å². The SMILES string of the molecule is C[C@H](C(=O)OCC(=O)c1ccc(Cl)cc1Cl)N1C(=O)c2ccccc2C1=O. The topological polar surface area (TPSA) is 80.8 Å². The predicted octanol–water partition coefficient (Wildman–Crippen LogP) is 3.40. The van der Waals surface area contributed by atoms with Crippen LogP contribution in [0.15, 0.2) is 42.5 Å². The highest BCUT2D eigenvalue weighted by Crippen LogP contribution is 2.25. The van der Waals surface area contributed by atoms with Crippen LogP contribution in [0.4, 0.5) is 0 Å². The van der Waals surface area contributed by atoms with Crippen molar-refractivity contribution in [1.29, 1.82) is 0 Å². The summed E-state index contributed by atoms with van der Waals surface area (Å²) < 4.78 is 4.99.